The number of nitrogens with one attached hydrogen (secondary N) is 2. The third kappa shape index (κ3) is 4.63. The van der Waals surface area contributed by atoms with E-state index in [-0.39, 0.29) is 11.8 Å². The molecule has 0 radical (unpaired) electrons. The fraction of sp³-hybridized carbons (Fsp3) is 0.167. The summed E-state index contributed by atoms with van der Waals surface area (Å²) in [7, 11) is 0. The zero-order valence-electron chi connectivity index (χ0n) is 16.0. The lowest BCUT2D eigenvalue weighted by Gasteiger charge is -2.17. The number of ether oxygens (including phenoxy) is 1. The summed E-state index contributed by atoms with van der Waals surface area (Å²) >= 11 is 0. The normalized spacial score (nSPS) is 13.2. The Balaban J connectivity index is 1.27. The van der Waals surface area contributed by atoms with Crippen molar-refractivity contribution in [2.75, 3.05) is 18.5 Å². The van der Waals surface area contributed by atoms with E-state index in [2.05, 4.69) is 22.8 Å². The first-order chi connectivity index (χ1) is 14.2. The molecule has 0 saturated heterocycles. The molecule has 0 aromatic heterocycles. The first-order valence-corrected chi connectivity index (χ1v) is 9.68. The van der Waals surface area contributed by atoms with E-state index in [0.29, 0.717) is 26.0 Å². The van der Waals surface area contributed by atoms with Crippen LogP contribution in [-0.2, 0) is 16.0 Å². The highest BCUT2D eigenvalue weighted by molar-refractivity contribution is 5.96. The molecule has 0 atom stereocenters. The van der Waals surface area contributed by atoms with Crippen LogP contribution in [-0.4, -0.2) is 25.0 Å². The van der Waals surface area contributed by atoms with Crippen LogP contribution in [0.5, 0.6) is 5.75 Å². The Morgan fingerprint density at radius 2 is 1.93 bits per heavy atom. The average molecular weight is 386 g/mol. The number of benzene rings is 3. The van der Waals surface area contributed by atoms with Crippen LogP contribution in [0.25, 0.3) is 16.8 Å². The molecule has 1 heterocycles. The SMILES string of the molecule is O=C(/C=C/c1cccc2ccccc12)NCCOc1ccc2c(c1)CCC(=O)N2. The summed E-state index contributed by atoms with van der Waals surface area (Å²) < 4.78 is 5.72. The molecule has 2 N–H and O–H groups in total. The minimum Gasteiger partial charge on any atom is -0.492 e. The standard InChI is InChI=1S/C24H22N2O3/c27-23(12-8-18-6-3-5-17-4-1-2-7-21(17)18)25-14-15-29-20-10-11-22-19(16-20)9-13-24(28)26-22/h1-8,10-12,16H,9,13-15H2,(H,25,27)(H,26,28)/b12-8+. The zero-order chi connectivity index (χ0) is 20.1. The maximum atomic E-state index is 12.1. The summed E-state index contributed by atoms with van der Waals surface area (Å²) in [5, 5.41) is 7.94. The van der Waals surface area contributed by atoms with E-state index in [4.69, 9.17) is 4.74 Å². The molecule has 146 valence electrons. The lowest BCUT2D eigenvalue weighted by atomic mass is 10.0. The predicted molar refractivity (Wildman–Crippen MR) is 115 cm³/mol. The van der Waals surface area contributed by atoms with E-state index in [1.165, 1.54) is 0 Å². The molecule has 1 aliphatic heterocycles. The second-order valence-electron chi connectivity index (χ2n) is 6.91. The highest BCUT2D eigenvalue weighted by Crippen LogP contribution is 2.26. The topological polar surface area (TPSA) is 67.4 Å². The molecule has 0 saturated carbocycles. The number of carbonyl (C=O) groups is 2. The van der Waals surface area contributed by atoms with Gasteiger partial charge >= 0.3 is 0 Å². The first kappa shape index (κ1) is 18.7. The molecule has 5 nitrogen and oxygen atoms in total. The largest absolute Gasteiger partial charge is 0.492 e. The number of hydrogen-bond acceptors (Lipinski definition) is 3. The van der Waals surface area contributed by atoms with Crippen molar-refractivity contribution in [1.82, 2.24) is 5.32 Å². The van der Waals surface area contributed by atoms with Crippen LogP contribution >= 0.6 is 0 Å². The van der Waals surface area contributed by atoms with Gasteiger partial charge in [-0.2, -0.15) is 0 Å². The molecule has 29 heavy (non-hydrogen) atoms. The Kier molecular flexibility index (Phi) is 5.56. The molecular weight excluding hydrogens is 364 g/mol. The van der Waals surface area contributed by atoms with Crippen LogP contribution in [0.1, 0.15) is 17.5 Å². The van der Waals surface area contributed by atoms with Crippen molar-refractivity contribution >= 4 is 34.4 Å². The van der Waals surface area contributed by atoms with E-state index in [1.807, 2.05) is 54.6 Å². The van der Waals surface area contributed by atoms with Crippen LogP contribution in [0.4, 0.5) is 5.69 Å². The minimum atomic E-state index is -0.158. The third-order valence-corrected chi connectivity index (χ3v) is 4.88. The molecule has 0 aliphatic carbocycles. The Bertz CT molecular complexity index is 1080. The summed E-state index contributed by atoms with van der Waals surface area (Å²) in [4.78, 5) is 23.5. The predicted octanol–water partition coefficient (Wildman–Crippen LogP) is 3.93. The molecule has 2 amide bonds. The lowest BCUT2D eigenvalue weighted by molar-refractivity contribution is -0.117. The number of rotatable bonds is 6. The average Bonchev–Trinajstić information content (AvgIpc) is 2.75. The highest BCUT2D eigenvalue weighted by Gasteiger charge is 2.14. The number of carbonyl (C=O) groups excluding carboxylic acids is 2. The number of anilines is 1. The van der Waals surface area contributed by atoms with Gasteiger partial charge in [0, 0.05) is 18.2 Å². The van der Waals surface area contributed by atoms with Gasteiger partial charge in [0.25, 0.3) is 0 Å². The van der Waals surface area contributed by atoms with E-state index in [1.54, 1.807) is 6.08 Å². The first-order valence-electron chi connectivity index (χ1n) is 9.68. The van der Waals surface area contributed by atoms with Crippen molar-refractivity contribution in [3.05, 3.63) is 77.9 Å². The van der Waals surface area contributed by atoms with Crippen molar-refractivity contribution in [2.45, 2.75) is 12.8 Å². The van der Waals surface area contributed by atoms with Gasteiger partial charge in [0.05, 0.1) is 6.54 Å². The van der Waals surface area contributed by atoms with Crippen molar-refractivity contribution in [3.8, 4) is 5.75 Å². The Morgan fingerprint density at radius 1 is 1.07 bits per heavy atom. The second kappa shape index (κ2) is 8.61. The highest BCUT2D eigenvalue weighted by atomic mass is 16.5. The van der Waals surface area contributed by atoms with Gasteiger partial charge in [-0.25, -0.2) is 0 Å². The van der Waals surface area contributed by atoms with Crippen molar-refractivity contribution < 1.29 is 14.3 Å². The van der Waals surface area contributed by atoms with Gasteiger partial charge in [-0.3, -0.25) is 9.59 Å². The van der Waals surface area contributed by atoms with Crippen molar-refractivity contribution in [2.24, 2.45) is 0 Å². The van der Waals surface area contributed by atoms with Gasteiger partial charge in [0.2, 0.25) is 11.8 Å². The molecule has 0 fully saturated rings. The smallest absolute Gasteiger partial charge is 0.244 e. The van der Waals surface area contributed by atoms with Crippen LogP contribution < -0.4 is 15.4 Å². The number of amides is 2. The molecule has 0 bridgehead atoms. The van der Waals surface area contributed by atoms with Gasteiger partial charge < -0.3 is 15.4 Å². The Morgan fingerprint density at radius 3 is 2.86 bits per heavy atom. The quantitative estimate of drug-likeness (QED) is 0.498. The van der Waals surface area contributed by atoms with E-state index >= 15 is 0 Å². The summed E-state index contributed by atoms with van der Waals surface area (Å²) in [6, 6.07) is 19.7. The van der Waals surface area contributed by atoms with Crippen molar-refractivity contribution in [1.29, 1.82) is 0 Å². The van der Waals surface area contributed by atoms with Crippen LogP contribution in [0, 0.1) is 0 Å². The molecule has 3 aromatic rings. The van der Waals surface area contributed by atoms with Crippen molar-refractivity contribution in [3.63, 3.8) is 0 Å². The zero-order valence-corrected chi connectivity index (χ0v) is 16.0. The summed E-state index contributed by atoms with van der Waals surface area (Å²) in [5.41, 5.74) is 2.93. The summed E-state index contributed by atoms with van der Waals surface area (Å²) in [6.07, 6.45) is 4.59. The molecule has 1 aliphatic rings. The van der Waals surface area contributed by atoms with Gasteiger partial charge in [-0.15, -0.1) is 0 Å². The van der Waals surface area contributed by atoms with Gasteiger partial charge in [0.1, 0.15) is 12.4 Å². The summed E-state index contributed by atoms with van der Waals surface area (Å²) in [5.74, 6) is 0.626. The maximum Gasteiger partial charge on any atom is 0.244 e. The van der Waals surface area contributed by atoms with E-state index in [0.717, 1.165) is 33.3 Å². The van der Waals surface area contributed by atoms with Gasteiger partial charge in [-0.1, -0.05) is 42.5 Å². The van der Waals surface area contributed by atoms with E-state index < -0.39 is 0 Å². The minimum absolute atomic E-state index is 0.0467. The molecule has 0 spiro atoms. The lowest BCUT2D eigenvalue weighted by Crippen LogP contribution is -2.26. The summed E-state index contributed by atoms with van der Waals surface area (Å²) in [6.45, 7) is 0.783. The molecular formula is C24H22N2O3. The molecule has 4 rings (SSSR count). The third-order valence-electron chi connectivity index (χ3n) is 4.88. The monoisotopic (exact) mass is 386 g/mol. The van der Waals surface area contributed by atoms with Crippen LogP contribution in [0.2, 0.25) is 0 Å². The molecule has 0 unspecified atom stereocenters. The second-order valence-corrected chi connectivity index (χ2v) is 6.91. The number of hydrogen-bond donors (Lipinski definition) is 2. The van der Waals surface area contributed by atoms with Gasteiger partial charge in [-0.05, 0) is 52.6 Å². The maximum absolute atomic E-state index is 12.1. The van der Waals surface area contributed by atoms with Crippen LogP contribution in [0.15, 0.2) is 66.7 Å². The van der Waals surface area contributed by atoms with Gasteiger partial charge in [0.15, 0.2) is 0 Å². The Hall–Kier alpha value is -3.60. The van der Waals surface area contributed by atoms with E-state index in [9.17, 15) is 9.59 Å². The fourth-order valence-electron chi connectivity index (χ4n) is 3.41. The fourth-order valence-corrected chi connectivity index (χ4v) is 3.41. The Labute approximate surface area is 169 Å². The molecule has 3 aromatic carbocycles. The number of aryl methyl sites for hydroxylation is 1. The molecule has 5 heteroatoms. The number of fused-ring (bicyclic) bond motifs is 2. The van der Waals surface area contributed by atoms with Crippen LogP contribution in [0.3, 0.4) is 0 Å².